The van der Waals surface area contributed by atoms with E-state index in [0.717, 1.165) is 0 Å². The Morgan fingerprint density at radius 1 is 1.20 bits per heavy atom. The minimum Gasteiger partial charge on any atom is -0.455 e. The standard InChI is InChI=1S/C12H9B3F2O7S/c13-3-8-7(1-6(14)2-9(8)15)11(19)23-4-10(18)24-5-12(16,17)25(20,21)22/h1-2H,3-5H2,(H,20,21,22). The molecular weight excluding hydrogens is 359 g/mol. The van der Waals surface area contributed by atoms with E-state index >= 15 is 0 Å². The summed E-state index contributed by atoms with van der Waals surface area (Å²) in [5.41, 5.74) is 0.309. The average Bonchev–Trinajstić information content (AvgIpc) is 2.48. The first-order valence-electron chi connectivity index (χ1n) is 6.44. The summed E-state index contributed by atoms with van der Waals surface area (Å²) in [6.07, 6.45) is -0.137. The monoisotopic (exact) mass is 368 g/mol. The van der Waals surface area contributed by atoms with Gasteiger partial charge in [-0.2, -0.15) is 17.2 Å². The van der Waals surface area contributed by atoms with Gasteiger partial charge in [-0.05, 0) is 5.56 Å². The van der Waals surface area contributed by atoms with Gasteiger partial charge in [0.1, 0.15) is 15.7 Å². The van der Waals surface area contributed by atoms with Crippen molar-refractivity contribution in [2.45, 2.75) is 11.6 Å². The van der Waals surface area contributed by atoms with Gasteiger partial charge in [0, 0.05) is 0 Å². The van der Waals surface area contributed by atoms with Gasteiger partial charge in [-0.3, -0.25) is 4.55 Å². The summed E-state index contributed by atoms with van der Waals surface area (Å²) in [6.45, 7) is -3.04. The van der Waals surface area contributed by atoms with Crippen molar-refractivity contribution in [3.8, 4) is 0 Å². The Bertz CT molecular complexity index is 783. The first-order valence-corrected chi connectivity index (χ1v) is 7.88. The van der Waals surface area contributed by atoms with Gasteiger partial charge in [-0.25, -0.2) is 9.59 Å². The highest BCUT2D eigenvalue weighted by Crippen LogP contribution is 2.20. The fourth-order valence-electron chi connectivity index (χ4n) is 1.61. The first-order chi connectivity index (χ1) is 11.4. The van der Waals surface area contributed by atoms with Crippen LogP contribution in [0.1, 0.15) is 15.9 Å². The van der Waals surface area contributed by atoms with Gasteiger partial charge in [0.15, 0.2) is 13.2 Å². The molecule has 0 aliphatic carbocycles. The SMILES string of the molecule is [B]Cc1c([B])cc([B])cc1C(=O)OCC(=O)OCC(F)(F)S(=O)(=O)O. The Morgan fingerprint density at radius 2 is 1.80 bits per heavy atom. The quantitative estimate of drug-likeness (QED) is 0.341. The van der Waals surface area contributed by atoms with Gasteiger partial charge in [0.25, 0.3) is 0 Å². The lowest BCUT2D eigenvalue weighted by Gasteiger charge is -2.14. The number of carbonyl (C=O) groups excluding carboxylic acids is 2. The summed E-state index contributed by atoms with van der Waals surface area (Å²) in [5.74, 6) is -2.54. The number of hydrogen-bond donors (Lipinski definition) is 1. The predicted octanol–water partition coefficient (Wildman–Crippen LogP) is -1.88. The lowest BCUT2D eigenvalue weighted by Crippen LogP contribution is -2.35. The third-order valence-corrected chi connectivity index (χ3v) is 3.70. The van der Waals surface area contributed by atoms with Crippen LogP contribution in [0.3, 0.4) is 0 Å². The highest BCUT2D eigenvalue weighted by Gasteiger charge is 2.45. The molecule has 0 saturated heterocycles. The number of carbonyl (C=O) groups is 2. The van der Waals surface area contributed by atoms with Gasteiger partial charge in [-0.1, -0.05) is 29.4 Å². The van der Waals surface area contributed by atoms with Crippen LogP contribution < -0.4 is 10.9 Å². The molecule has 0 spiro atoms. The second-order valence-electron chi connectivity index (χ2n) is 4.69. The molecule has 0 bridgehead atoms. The Hall–Kier alpha value is -1.88. The van der Waals surface area contributed by atoms with Crippen molar-refractivity contribution in [1.29, 1.82) is 0 Å². The van der Waals surface area contributed by atoms with Crippen LogP contribution in [0.2, 0.25) is 0 Å². The normalized spacial score (nSPS) is 11.8. The smallest absolute Gasteiger partial charge is 0.402 e. The maximum Gasteiger partial charge on any atom is 0.402 e. The van der Waals surface area contributed by atoms with Crippen molar-refractivity contribution in [2.75, 3.05) is 13.2 Å². The number of rotatable bonds is 7. The third kappa shape index (κ3) is 5.57. The molecule has 1 N–H and O–H groups in total. The summed E-state index contributed by atoms with van der Waals surface area (Å²) >= 11 is 0. The van der Waals surface area contributed by atoms with Gasteiger partial charge in [0.2, 0.25) is 0 Å². The number of benzene rings is 1. The molecule has 128 valence electrons. The van der Waals surface area contributed by atoms with Crippen molar-refractivity contribution in [2.24, 2.45) is 0 Å². The molecule has 0 aliphatic rings. The topological polar surface area (TPSA) is 107 Å². The molecule has 25 heavy (non-hydrogen) atoms. The summed E-state index contributed by atoms with van der Waals surface area (Å²) in [4.78, 5) is 23.2. The third-order valence-electron chi connectivity index (χ3n) is 2.83. The largest absolute Gasteiger partial charge is 0.455 e. The van der Waals surface area contributed by atoms with Crippen LogP contribution in [0.15, 0.2) is 12.1 Å². The molecule has 0 aromatic heterocycles. The Morgan fingerprint density at radius 3 is 2.32 bits per heavy atom. The maximum absolute atomic E-state index is 12.9. The zero-order valence-corrected chi connectivity index (χ0v) is 13.4. The second kappa shape index (κ2) is 8.00. The van der Waals surface area contributed by atoms with E-state index in [1.54, 1.807) is 0 Å². The molecule has 0 heterocycles. The molecule has 1 aromatic rings. The molecule has 0 saturated carbocycles. The zero-order chi connectivity index (χ0) is 19.4. The van der Waals surface area contributed by atoms with E-state index in [1.807, 2.05) is 0 Å². The van der Waals surface area contributed by atoms with Gasteiger partial charge in [0.05, 0.1) is 13.4 Å². The predicted molar refractivity (Wildman–Crippen MR) is 84.4 cm³/mol. The van der Waals surface area contributed by atoms with Crippen LogP contribution in [0.4, 0.5) is 8.78 Å². The summed E-state index contributed by atoms with van der Waals surface area (Å²) in [7, 11) is 10.9. The molecule has 0 fully saturated rings. The van der Waals surface area contributed by atoms with Crippen molar-refractivity contribution in [1.82, 2.24) is 0 Å². The number of ether oxygens (including phenoxy) is 2. The molecule has 7 nitrogen and oxygen atoms in total. The Labute approximate surface area is 146 Å². The zero-order valence-electron chi connectivity index (χ0n) is 12.6. The van der Waals surface area contributed by atoms with E-state index in [4.69, 9.17) is 28.1 Å². The molecule has 0 aliphatic heterocycles. The van der Waals surface area contributed by atoms with E-state index in [1.165, 1.54) is 12.1 Å². The number of alkyl halides is 2. The molecule has 1 aromatic carbocycles. The van der Waals surface area contributed by atoms with E-state index in [0.29, 0.717) is 0 Å². The van der Waals surface area contributed by atoms with Crippen LogP contribution in [0.5, 0.6) is 0 Å². The average molecular weight is 368 g/mol. The van der Waals surface area contributed by atoms with Crippen LogP contribution in [-0.4, -0.2) is 66.9 Å². The van der Waals surface area contributed by atoms with Crippen molar-refractivity contribution >= 4 is 56.5 Å². The highest BCUT2D eigenvalue weighted by atomic mass is 32.2. The molecule has 0 atom stereocenters. The van der Waals surface area contributed by atoms with Crippen molar-refractivity contribution in [3.05, 3.63) is 23.3 Å². The van der Waals surface area contributed by atoms with E-state index in [2.05, 4.69) is 9.47 Å². The minimum absolute atomic E-state index is 0.116. The fourth-order valence-corrected chi connectivity index (χ4v) is 1.82. The molecule has 0 amide bonds. The Kier molecular flexibility index (Phi) is 6.78. The van der Waals surface area contributed by atoms with E-state index in [-0.39, 0.29) is 28.4 Å². The van der Waals surface area contributed by atoms with E-state index < -0.39 is 40.5 Å². The summed E-state index contributed by atoms with van der Waals surface area (Å²) in [6, 6.07) is 2.54. The lowest BCUT2D eigenvalue weighted by atomic mass is 9.77. The maximum atomic E-state index is 12.9. The van der Waals surface area contributed by atoms with E-state index in [9.17, 15) is 26.8 Å². The summed E-state index contributed by atoms with van der Waals surface area (Å²) < 4.78 is 63.2. The van der Waals surface area contributed by atoms with Gasteiger partial charge >= 0.3 is 27.3 Å². The van der Waals surface area contributed by atoms with Crippen LogP contribution in [0, 0.1) is 0 Å². The number of halogens is 2. The molecular formula is C12H9B3F2O7S. The second-order valence-corrected chi connectivity index (χ2v) is 6.24. The summed E-state index contributed by atoms with van der Waals surface area (Å²) in [5, 5.41) is -4.69. The minimum atomic E-state index is -5.75. The van der Waals surface area contributed by atoms with Crippen molar-refractivity contribution in [3.63, 3.8) is 0 Å². The molecule has 1 rings (SSSR count). The van der Waals surface area contributed by atoms with Crippen LogP contribution >= 0.6 is 0 Å². The molecule has 0 unspecified atom stereocenters. The van der Waals surface area contributed by atoms with Crippen molar-refractivity contribution < 1.29 is 40.8 Å². The highest BCUT2D eigenvalue weighted by molar-refractivity contribution is 7.86. The van der Waals surface area contributed by atoms with Crippen LogP contribution in [0.25, 0.3) is 0 Å². The Balaban J connectivity index is 2.70. The van der Waals surface area contributed by atoms with Crippen LogP contribution in [-0.2, 0) is 30.7 Å². The number of esters is 2. The number of hydrogen-bond acceptors (Lipinski definition) is 6. The van der Waals surface area contributed by atoms with Gasteiger partial charge < -0.3 is 9.47 Å². The first kappa shape index (κ1) is 21.2. The van der Waals surface area contributed by atoms with Gasteiger partial charge in [-0.15, -0.1) is 0 Å². The fraction of sp³-hybridized carbons (Fsp3) is 0.333. The molecule has 13 heteroatoms. The lowest BCUT2D eigenvalue weighted by molar-refractivity contribution is -0.153. The molecule has 6 radical (unpaired) electrons.